The second kappa shape index (κ2) is 7.07. The topological polar surface area (TPSA) is 0 Å². The minimum atomic E-state index is 0.558. The first-order chi connectivity index (χ1) is 11.2. The molecule has 0 spiro atoms. The summed E-state index contributed by atoms with van der Waals surface area (Å²) >= 11 is 0. The lowest BCUT2D eigenvalue weighted by Crippen LogP contribution is -2.24. The number of allylic oxidation sites excluding steroid dienone is 9. The Morgan fingerprint density at radius 2 is 1.91 bits per heavy atom. The van der Waals surface area contributed by atoms with Crippen LogP contribution in [0.5, 0.6) is 0 Å². The van der Waals surface area contributed by atoms with Crippen molar-refractivity contribution >= 4 is 0 Å². The number of hydrogen-bond acceptors (Lipinski definition) is 0. The maximum absolute atomic E-state index is 4.57. The molecular weight excluding hydrogens is 276 g/mol. The van der Waals surface area contributed by atoms with Gasteiger partial charge in [-0.1, -0.05) is 61.8 Å². The molecule has 3 aliphatic rings. The molecule has 3 rings (SSSR count). The van der Waals surface area contributed by atoms with Crippen LogP contribution in [0.1, 0.15) is 72.1 Å². The molecule has 0 aromatic rings. The molecule has 0 saturated carbocycles. The molecule has 0 saturated heterocycles. The van der Waals surface area contributed by atoms with Crippen molar-refractivity contribution in [3.8, 4) is 0 Å². The highest BCUT2D eigenvalue weighted by molar-refractivity contribution is 5.57. The monoisotopic (exact) mass is 308 g/mol. The maximum Gasteiger partial charge on any atom is 0.00920 e. The predicted octanol–water partition coefficient (Wildman–Crippen LogP) is 7.07. The molecule has 124 valence electrons. The predicted molar refractivity (Wildman–Crippen MR) is 101 cm³/mol. The summed E-state index contributed by atoms with van der Waals surface area (Å²) in [5.41, 5.74) is 9.42. The normalized spacial score (nSPS) is 28.1. The Labute approximate surface area is 142 Å². The molecule has 23 heavy (non-hydrogen) atoms. The van der Waals surface area contributed by atoms with Gasteiger partial charge in [0.1, 0.15) is 0 Å². The summed E-state index contributed by atoms with van der Waals surface area (Å²) in [6, 6.07) is 0. The molecule has 0 nitrogen and oxygen atoms in total. The van der Waals surface area contributed by atoms with E-state index in [9.17, 15) is 0 Å². The average Bonchev–Trinajstić information content (AvgIpc) is 2.58. The van der Waals surface area contributed by atoms with Crippen LogP contribution in [0.3, 0.4) is 0 Å². The highest BCUT2D eigenvalue weighted by Gasteiger charge is 2.32. The fourth-order valence-electron chi connectivity index (χ4n) is 4.80. The van der Waals surface area contributed by atoms with E-state index < -0.39 is 0 Å². The van der Waals surface area contributed by atoms with Crippen LogP contribution in [-0.2, 0) is 0 Å². The van der Waals surface area contributed by atoms with Crippen LogP contribution in [0.15, 0.2) is 58.2 Å². The summed E-state index contributed by atoms with van der Waals surface area (Å²) in [4.78, 5) is 0. The second-order valence-electron chi connectivity index (χ2n) is 7.49. The molecule has 0 heterocycles. The molecule has 0 amide bonds. The smallest absolute Gasteiger partial charge is 0.00920 e. The van der Waals surface area contributed by atoms with E-state index in [1.807, 2.05) is 0 Å². The third kappa shape index (κ3) is 3.05. The number of fused-ring (bicyclic) bond motifs is 1. The Kier molecular flexibility index (Phi) is 5.09. The lowest BCUT2D eigenvalue weighted by Gasteiger charge is -2.37. The van der Waals surface area contributed by atoms with Gasteiger partial charge in [0.25, 0.3) is 0 Å². The van der Waals surface area contributed by atoms with Crippen molar-refractivity contribution in [1.29, 1.82) is 0 Å². The Bertz CT molecular complexity index is 606. The molecule has 0 heteroatoms. The molecule has 0 N–H and O–H groups in total. The van der Waals surface area contributed by atoms with Gasteiger partial charge in [0.15, 0.2) is 0 Å². The molecule has 2 atom stereocenters. The van der Waals surface area contributed by atoms with Crippen molar-refractivity contribution in [2.24, 2.45) is 11.8 Å². The molecule has 2 unspecified atom stereocenters. The zero-order valence-corrected chi connectivity index (χ0v) is 15.3. The fourth-order valence-corrected chi connectivity index (χ4v) is 4.80. The van der Waals surface area contributed by atoms with Gasteiger partial charge in [-0.15, -0.1) is 0 Å². The van der Waals surface area contributed by atoms with Crippen molar-refractivity contribution < 1.29 is 0 Å². The van der Waals surface area contributed by atoms with Crippen LogP contribution >= 0.6 is 0 Å². The van der Waals surface area contributed by atoms with Crippen molar-refractivity contribution in [2.75, 3.05) is 0 Å². The molecule has 0 aliphatic heterocycles. The molecule has 0 fully saturated rings. The third-order valence-corrected chi connectivity index (χ3v) is 6.15. The van der Waals surface area contributed by atoms with Crippen LogP contribution in [0.4, 0.5) is 0 Å². The van der Waals surface area contributed by atoms with E-state index in [0.717, 1.165) is 6.42 Å². The van der Waals surface area contributed by atoms with E-state index in [4.69, 9.17) is 0 Å². The van der Waals surface area contributed by atoms with Gasteiger partial charge in [-0.25, -0.2) is 0 Å². The van der Waals surface area contributed by atoms with E-state index in [1.54, 1.807) is 22.3 Å². The van der Waals surface area contributed by atoms with Crippen LogP contribution < -0.4 is 0 Å². The Balaban J connectivity index is 1.98. The number of rotatable bonds is 4. The van der Waals surface area contributed by atoms with Crippen LogP contribution in [-0.4, -0.2) is 0 Å². The van der Waals surface area contributed by atoms with E-state index in [2.05, 4.69) is 45.6 Å². The lowest BCUT2D eigenvalue weighted by molar-refractivity contribution is 0.522. The number of hydrogen-bond donors (Lipinski definition) is 0. The fraction of sp³-hybridized carbons (Fsp3) is 0.565. The van der Waals surface area contributed by atoms with E-state index in [-0.39, 0.29) is 0 Å². The molecule has 3 aliphatic carbocycles. The van der Waals surface area contributed by atoms with Gasteiger partial charge >= 0.3 is 0 Å². The first kappa shape index (κ1) is 16.6. The summed E-state index contributed by atoms with van der Waals surface area (Å²) in [7, 11) is 0. The quantitative estimate of drug-likeness (QED) is 0.487. The molecular formula is C23H32. The standard InChI is InChI=1S/C23H32/c1-5-9-19-16(3)12-13-21-17(4)20(14-15-23(19)21)22-11-8-7-10-18(22)6-2/h12,14-15,19,21H,4-11,13H2,1-3H3. The summed E-state index contributed by atoms with van der Waals surface area (Å²) in [6.45, 7) is 11.5. The van der Waals surface area contributed by atoms with Crippen molar-refractivity contribution in [2.45, 2.75) is 72.1 Å². The zero-order chi connectivity index (χ0) is 16.4. The highest BCUT2D eigenvalue weighted by Crippen LogP contribution is 2.47. The molecule has 0 radical (unpaired) electrons. The van der Waals surface area contributed by atoms with Gasteiger partial charge in [-0.3, -0.25) is 0 Å². The largest absolute Gasteiger partial charge is 0.0946 e. The SMILES string of the molecule is C=C1C(C2=C(CC)CCCC2)=CC=C2C1CC=C(C)C2CCC. The van der Waals surface area contributed by atoms with Crippen molar-refractivity contribution in [1.82, 2.24) is 0 Å². The first-order valence-electron chi connectivity index (χ1n) is 9.66. The molecule has 0 aromatic carbocycles. The van der Waals surface area contributed by atoms with E-state index in [1.165, 1.54) is 56.1 Å². The van der Waals surface area contributed by atoms with Crippen LogP contribution in [0.25, 0.3) is 0 Å². The van der Waals surface area contributed by atoms with Gasteiger partial charge in [-0.2, -0.15) is 0 Å². The molecule has 0 aromatic heterocycles. The summed E-state index contributed by atoms with van der Waals surface area (Å²) < 4.78 is 0. The van der Waals surface area contributed by atoms with E-state index >= 15 is 0 Å². The second-order valence-corrected chi connectivity index (χ2v) is 7.49. The van der Waals surface area contributed by atoms with Crippen LogP contribution in [0.2, 0.25) is 0 Å². The minimum absolute atomic E-state index is 0.558. The van der Waals surface area contributed by atoms with Gasteiger partial charge in [0, 0.05) is 11.8 Å². The zero-order valence-electron chi connectivity index (χ0n) is 15.3. The average molecular weight is 309 g/mol. The van der Waals surface area contributed by atoms with Crippen molar-refractivity contribution in [3.63, 3.8) is 0 Å². The Morgan fingerprint density at radius 1 is 1.13 bits per heavy atom. The van der Waals surface area contributed by atoms with Gasteiger partial charge in [0.05, 0.1) is 0 Å². The van der Waals surface area contributed by atoms with Gasteiger partial charge in [0.2, 0.25) is 0 Å². The summed E-state index contributed by atoms with van der Waals surface area (Å²) in [5.74, 6) is 1.21. The first-order valence-corrected chi connectivity index (χ1v) is 9.66. The molecule has 0 bridgehead atoms. The van der Waals surface area contributed by atoms with E-state index in [0.29, 0.717) is 11.8 Å². The summed E-state index contributed by atoms with van der Waals surface area (Å²) in [6.07, 6.45) is 17.5. The van der Waals surface area contributed by atoms with Gasteiger partial charge < -0.3 is 0 Å². The Morgan fingerprint density at radius 3 is 2.65 bits per heavy atom. The minimum Gasteiger partial charge on any atom is -0.0946 e. The van der Waals surface area contributed by atoms with Crippen molar-refractivity contribution in [3.05, 3.63) is 58.2 Å². The Hall–Kier alpha value is -1.30. The van der Waals surface area contributed by atoms with Gasteiger partial charge in [-0.05, 0) is 68.6 Å². The highest BCUT2D eigenvalue weighted by atomic mass is 14.4. The third-order valence-electron chi connectivity index (χ3n) is 6.15. The maximum atomic E-state index is 4.57. The lowest BCUT2D eigenvalue weighted by atomic mass is 9.67. The van der Waals surface area contributed by atoms with Crippen LogP contribution in [0, 0.1) is 11.8 Å². The summed E-state index contributed by atoms with van der Waals surface area (Å²) in [5, 5.41) is 0.